The van der Waals surface area contributed by atoms with Crippen molar-refractivity contribution in [3.05, 3.63) is 70.3 Å². The van der Waals surface area contributed by atoms with Gasteiger partial charge >= 0.3 is 0 Å². The highest BCUT2D eigenvalue weighted by Crippen LogP contribution is 2.27. The minimum Gasteiger partial charge on any atom is -0.347 e. The van der Waals surface area contributed by atoms with Gasteiger partial charge in [-0.15, -0.1) is 11.3 Å². The smallest absolute Gasteiger partial charge is 0.263 e. The van der Waals surface area contributed by atoms with Gasteiger partial charge in [0.05, 0.1) is 23.2 Å². The van der Waals surface area contributed by atoms with E-state index in [1.165, 1.54) is 17.7 Å². The maximum Gasteiger partial charge on any atom is 0.263 e. The molecular weight excluding hydrogens is 434 g/mol. The highest BCUT2D eigenvalue weighted by Gasteiger charge is 2.20. The van der Waals surface area contributed by atoms with E-state index in [4.69, 9.17) is 0 Å². The molecule has 0 fully saturated rings. The number of nitrogens with one attached hydrogen (secondary N) is 2. The van der Waals surface area contributed by atoms with Gasteiger partial charge in [0.15, 0.2) is 0 Å². The van der Waals surface area contributed by atoms with Crippen molar-refractivity contribution in [2.75, 3.05) is 5.32 Å². The van der Waals surface area contributed by atoms with E-state index in [0.717, 1.165) is 33.2 Å². The number of carbonyl (C=O) groups excluding carboxylic acids is 1. The molecular formula is C24H27N7OS. The number of rotatable bonds is 6. The minimum atomic E-state index is -0.104. The molecule has 0 unspecified atom stereocenters. The third-order valence-electron chi connectivity index (χ3n) is 5.08. The second-order valence-corrected chi connectivity index (χ2v) is 9.97. The lowest BCUT2D eigenvalue weighted by Gasteiger charge is -2.13. The third kappa shape index (κ3) is 5.43. The topological polar surface area (TPSA) is 97.6 Å². The monoisotopic (exact) mass is 461 g/mol. The molecule has 0 saturated carbocycles. The fourth-order valence-corrected chi connectivity index (χ4v) is 4.12. The van der Waals surface area contributed by atoms with E-state index in [0.29, 0.717) is 17.2 Å². The fourth-order valence-electron chi connectivity index (χ4n) is 3.23. The number of imidazole rings is 1. The van der Waals surface area contributed by atoms with E-state index < -0.39 is 0 Å². The van der Waals surface area contributed by atoms with Gasteiger partial charge in [0.25, 0.3) is 5.91 Å². The van der Waals surface area contributed by atoms with E-state index in [1.807, 2.05) is 42.9 Å². The number of aromatic nitrogens is 5. The van der Waals surface area contributed by atoms with Crippen LogP contribution in [0.2, 0.25) is 0 Å². The van der Waals surface area contributed by atoms with Crippen LogP contribution in [-0.4, -0.2) is 30.4 Å². The van der Waals surface area contributed by atoms with Crippen LogP contribution in [0.25, 0.3) is 11.3 Å². The molecule has 0 atom stereocenters. The first-order valence-corrected chi connectivity index (χ1v) is 11.4. The minimum absolute atomic E-state index is 0.0659. The van der Waals surface area contributed by atoms with Gasteiger partial charge in [-0.1, -0.05) is 32.9 Å². The maximum absolute atomic E-state index is 12.6. The van der Waals surface area contributed by atoms with Gasteiger partial charge in [0, 0.05) is 36.8 Å². The average Bonchev–Trinajstić information content (AvgIpc) is 3.42. The Morgan fingerprint density at radius 2 is 1.91 bits per heavy atom. The summed E-state index contributed by atoms with van der Waals surface area (Å²) in [5, 5.41) is 7.14. The van der Waals surface area contributed by atoms with Crippen LogP contribution in [0.1, 0.15) is 46.6 Å². The van der Waals surface area contributed by atoms with E-state index in [-0.39, 0.29) is 11.3 Å². The molecule has 0 aliphatic carbocycles. The van der Waals surface area contributed by atoms with E-state index in [1.54, 1.807) is 12.5 Å². The molecule has 33 heavy (non-hydrogen) atoms. The van der Waals surface area contributed by atoms with Crippen molar-refractivity contribution in [3.8, 4) is 11.3 Å². The summed E-state index contributed by atoms with van der Waals surface area (Å²) in [7, 11) is 1.91. The number of benzene rings is 1. The number of anilines is 2. The summed E-state index contributed by atoms with van der Waals surface area (Å²) in [6, 6.07) is 7.98. The molecule has 2 N–H and O–H groups in total. The first-order chi connectivity index (χ1) is 15.7. The molecule has 0 spiro atoms. The Labute approximate surface area is 197 Å². The van der Waals surface area contributed by atoms with Crippen molar-refractivity contribution < 1.29 is 4.79 Å². The molecule has 8 nitrogen and oxygen atoms in total. The SMILES string of the molecule is Cc1cc(-c2cc(Nc3cn(C)cn3)ncn2)ccc1CNC(=O)c1cnc(C(C)(C)C)s1. The Morgan fingerprint density at radius 1 is 1.09 bits per heavy atom. The second kappa shape index (κ2) is 9.11. The molecule has 3 heterocycles. The fraction of sp³-hybridized carbons (Fsp3) is 0.292. The lowest BCUT2D eigenvalue weighted by molar-refractivity contribution is 0.0954. The number of thiazole rings is 1. The summed E-state index contributed by atoms with van der Waals surface area (Å²) >= 11 is 1.44. The second-order valence-electron chi connectivity index (χ2n) is 8.94. The normalized spacial score (nSPS) is 11.4. The number of amides is 1. The molecule has 3 aromatic heterocycles. The van der Waals surface area contributed by atoms with Crippen LogP contribution in [0.5, 0.6) is 0 Å². The van der Waals surface area contributed by atoms with Gasteiger partial charge in [-0.05, 0) is 24.1 Å². The van der Waals surface area contributed by atoms with Gasteiger partial charge < -0.3 is 15.2 Å². The molecule has 4 aromatic rings. The Hall–Kier alpha value is -3.59. The number of hydrogen-bond donors (Lipinski definition) is 2. The molecule has 170 valence electrons. The summed E-state index contributed by atoms with van der Waals surface area (Å²) in [5.74, 6) is 1.29. The summed E-state index contributed by atoms with van der Waals surface area (Å²) in [5.41, 5.74) is 3.84. The van der Waals surface area contributed by atoms with E-state index in [9.17, 15) is 4.79 Å². The van der Waals surface area contributed by atoms with Gasteiger partial charge in [-0.25, -0.2) is 19.9 Å². The molecule has 0 radical (unpaired) electrons. The molecule has 0 saturated heterocycles. The Balaban J connectivity index is 1.43. The predicted octanol–water partition coefficient (Wildman–Crippen LogP) is 4.61. The van der Waals surface area contributed by atoms with Crippen molar-refractivity contribution in [1.29, 1.82) is 0 Å². The van der Waals surface area contributed by atoms with Gasteiger partial charge in [0.1, 0.15) is 22.8 Å². The first kappa shape index (κ1) is 22.6. The summed E-state index contributed by atoms with van der Waals surface area (Å²) in [6.45, 7) is 8.75. The van der Waals surface area contributed by atoms with E-state index >= 15 is 0 Å². The standard InChI is InChI=1S/C24H27N7OS/c1-15-8-16(18-9-20(28-13-27-18)30-21-12-31(5)14-29-21)6-7-17(15)10-25-22(32)19-11-26-23(33-19)24(2,3)4/h6-9,11-14H,10H2,1-5H3,(H,25,32)(H,27,28,30). The van der Waals surface area contributed by atoms with Crippen molar-refractivity contribution in [1.82, 2.24) is 29.8 Å². The van der Waals surface area contributed by atoms with Gasteiger partial charge in [-0.3, -0.25) is 4.79 Å². The third-order valence-corrected chi connectivity index (χ3v) is 6.50. The summed E-state index contributed by atoms with van der Waals surface area (Å²) in [6.07, 6.45) is 6.79. The van der Waals surface area contributed by atoms with Crippen LogP contribution < -0.4 is 10.6 Å². The zero-order valence-corrected chi connectivity index (χ0v) is 20.2. The molecule has 9 heteroatoms. The molecule has 0 aliphatic heterocycles. The van der Waals surface area contributed by atoms with Crippen LogP contribution in [-0.2, 0) is 19.0 Å². The van der Waals surface area contributed by atoms with Crippen molar-refractivity contribution >= 4 is 28.9 Å². The Morgan fingerprint density at radius 3 is 2.58 bits per heavy atom. The van der Waals surface area contributed by atoms with E-state index in [2.05, 4.69) is 57.4 Å². The zero-order chi connectivity index (χ0) is 23.6. The lowest BCUT2D eigenvalue weighted by Crippen LogP contribution is -2.22. The molecule has 4 rings (SSSR count). The highest BCUT2D eigenvalue weighted by molar-refractivity contribution is 7.13. The summed E-state index contributed by atoms with van der Waals surface area (Å²) < 4.78 is 1.86. The van der Waals surface area contributed by atoms with Crippen molar-refractivity contribution in [2.24, 2.45) is 7.05 Å². The number of nitrogens with zero attached hydrogens (tertiary/aromatic N) is 5. The quantitative estimate of drug-likeness (QED) is 0.435. The summed E-state index contributed by atoms with van der Waals surface area (Å²) in [4.78, 5) is 30.6. The average molecular weight is 462 g/mol. The number of hydrogen-bond acceptors (Lipinski definition) is 7. The Bertz CT molecular complexity index is 1290. The highest BCUT2D eigenvalue weighted by atomic mass is 32.1. The molecule has 1 amide bonds. The lowest BCUT2D eigenvalue weighted by atomic mass is 9.98. The van der Waals surface area contributed by atoms with Gasteiger partial charge in [-0.2, -0.15) is 0 Å². The van der Waals surface area contributed by atoms with Crippen LogP contribution in [0.3, 0.4) is 0 Å². The number of aryl methyl sites for hydroxylation is 2. The van der Waals surface area contributed by atoms with Crippen LogP contribution >= 0.6 is 11.3 Å². The van der Waals surface area contributed by atoms with Gasteiger partial charge in [0.2, 0.25) is 0 Å². The van der Waals surface area contributed by atoms with Crippen LogP contribution in [0.4, 0.5) is 11.6 Å². The molecule has 0 bridgehead atoms. The van der Waals surface area contributed by atoms with Crippen LogP contribution in [0, 0.1) is 6.92 Å². The van der Waals surface area contributed by atoms with Crippen LogP contribution in [0.15, 0.2) is 49.3 Å². The Kier molecular flexibility index (Phi) is 6.24. The molecule has 1 aromatic carbocycles. The maximum atomic E-state index is 12.6. The van der Waals surface area contributed by atoms with Crippen molar-refractivity contribution in [2.45, 2.75) is 39.7 Å². The molecule has 0 aliphatic rings. The predicted molar refractivity (Wildman–Crippen MR) is 131 cm³/mol. The first-order valence-electron chi connectivity index (χ1n) is 10.6. The number of carbonyl (C=O) groups is 1. The van der Waals surface area contributed by atoms with Crippen molar-refractivity contribution in [3.63, 3.8) is 0 Å². The zero-order valence-electron chi connectivity index (χ0n) is 19.4. The largest absolute Gasteiger partial charge is 0.347 e.